The lowest BCUT2D eigenvalue weighted by molar-refractivity contribution is 0.000669. The van der Waals surface area contributed by atoms with Gasteiger partial charge in [0.05, 0.1) is 11.2 Å². The molecule has 0 unspecified atom stereocenters. The predicted octanol–water partition coefficient (Wildman–Crippen LogP) is 4.21. The summed E-state index contributed by atoms with van der Waals surface area (Å²) in [7, 11) is 0. The highest BCUT2D eigenvalue weighted by molar-refractivity contribution is 5.12. The molecule has 0 saturated heterocycles. The van der Waals surface area contributed by atoms with Crippen molar-refractivity contribution in [3.63, 3.8) is 0 Å². The van der Waals surface area contributed by atoms with Gasteiger partial charge in [-0.3, -0.25) is 0 Å². The van der Waals surface area contributed by atoms with Crippen molar-refractivity contribution in [3.8, 4) is 0 Å². The molecular weight excluding hydrogens is 248 g/mol. The van der Waals surface area contributed by atoms with E-state index in [2.05, 4.69) is 27.7 Å². The van der Waals surface area contributed by atoms with Crippen LogP contribution in [0.5, 0.6) is 0 Å². The topological polar surface area (TPSA) is 40.5 Å². The lowest BCUT2D eigenvalue weighted by Crippen LogP contribution is -2.38. The van der Waals surface area contributed by atoms with Gasteiger partial charge in [-0.2, -0.15) is 0 Å². The Morgan fingerprint density at radius 1 is 0.550 bits per heavy atom. The van der Waals surface area contributed by atoms with Crippen LogP contribution in [0.25, 0.3) is 0 Å². The van der Waals surface area contributed by atoms with Gasteiger partial charge in [0.15, 0.2) is 0 Å². The highest BCUT2D eigenvalue weighted by atomic mass is 16.3. The summed E-state index contributed by atoms with van der Waals surface area (Å²) in [6.45, 7) is 9.08. The summed E-state index contributed by atoms with van der Waals surface area (Å²) in [5.74, 6) is 0. The molecule has 0 atom stereocenters. The summed E-state index contributed by atoms with van der Waals surface area (Å²) in [6, 6.07) is 0. The Balaban J connectivity index is 1.96. The summed E-state index contributed by atoms with van der Waals surface area (Å²) in [5.41, 5.74) is -0.686. The number of aliphatic hydroxyl groups is 2. The fraction of sp³-hybridized carbons (Fsp3) is 0.889. The molecule has 2 rings (SSSR count). The Labute approximate surface area is 124 Å². The minimum absolute atomic E-state index is 0.353. The zero-order valence-corrected chi connectivity index (χ0v) is 13.7. The largest absolute Gasteiger partial charge is 0.386 e. The zero-order valence-electron chi connectivity index (χ0n) is 13.7. The van der Waals surface area contributed by atoms with Crippen LogP contribution in [-0.2, 0) is 0 Å². The molecular formula is C18H32O2. The molecule has 2 N–H and O–H groups in total. The molecule has 0 amide bonds. The van der Waals surface area contributed by atoms with Gasteiger partial charge in [0.2, 0.25) is 0 Å². The Morgan fingerprint density at radius 3 is 1.05 bits per heavy atom. The quantitative estimate of drug-likeness (QED) is 0.744. The molecule has 0 aromatic carbocycles. The Morgan fingerprint density at radius 2 is 0.800 bits per heavy atom. The van der Waals surface area contributed by atoms with Crippen molar-refractivity contribution >= 4 is 0 Å². The maximum atomic E-state index is 10.7. The summed E-state index contributed by atoms with van der Waals surface area (Å²) >= 11 is 0. The summed E-state index contributed by atoms with van der Waals surface area (Å²) < 4.78 is 0. The molecule has 0 bridgehead atoms. The van der Waals surface area contributed by atoms with Crippen molar-refractivity contribution in [2.45, 2.75) is 90.3 Å². The van der Waals surface area contributed by atoms with E-state index in [9.17, 15) is 10.2 Å². The van der Waals surface area contributed by atoms with E-state index in [0.29, 0.717) is 10.8 Å². The van der Waals surface area contributed by atoms with Crippen LogP contribution >= 0.6 is 0 Å². The fourth-order valence-corrected chi connectivity index (χ4v) is 3.36. The van der Waals surface area contributed by atoms with Gasteiger partial charge in [-0.05, 0) is 62.2 Å². The van der Waals surface area contributed by atoms with Gasteiger partial charge in [0, 0.05) is 0 Å². The van der Waals surface area contributed by atoms with Crippen molar-refractivity contribution in [2.75, 3.05) is 0 Å². The lowest BCUT2D eigenvalue weighted by Gasteiger charge is -2.41. The highest BCUT2D eigenvalue weighted by Gasteiger charge is 2.38. The van der Waals surface area contributed by atoms with E-state index in [4.69, 9.17) is 0 Å². The van der Waals surface area contributed by atoms with Crippen molar-refractivity contribution in [3.05, 3.63) is 12.2 Å². The SMILES string of the molecule is CC1(C)CCC(O)(C=CC2(O)CCC(C)(C)CC2)CC1. The van der Waals surface area contributed by atoms with Gasteiger partial charge < -0.3 is 10.2 Å². The van der Waals surface area contributed by atoms with Gasteiger partial charge >= 0.3 is 0 Å². The van der Waals surface area contributed by atoms with Crippen molar-refractivity contribution < 1.29 is 10.2 Å². The molecule has 2 fully saturated rings. The predicted molar refractivity (Wildman–Crippen MR) is 83.5 cm³/mol. The van der Waals surface area contributed by atoms with Gasteiger partial charge in [0.1, 0.15) is 0 Å². The Kier molecular flexibility index (Phi) is 4.12. The molecule has 0 aromatic rings. The summed E-state index contributed by atoms with van der Waals surface area (Å²) in [6.07, 6.45) is 11.3. The van der Waals surface area contributed by atoms with Crippen LogP contribution in [0.4, 0.5) is 0 Å². The second-order valence-corrected chi connectivity index (χ2v) is 8.87. The van der Waals surface area contributed by atoms with Crippen LogP contribution < -0.4 is 0 Å². The standard InChI is InChI=1S/C18H32O2/c1-15(2)5-9-17(19,10-6-15)13-14-18(20)11-7-16(3,4)8-12-18/h13-14,19-20H,5-12H2,1-4H3. The van der Waals surface area contributed by atoms with Crippen LogP contribution in [0, 0.1) is 10.8 Å². The first kappa shape index (κ1) is 16.0. The third kappa shape index (κ3) is 4.08. The van der Waals surface area contributed by atoms with E-state index in [0.717, 1.165) is 51.4 Å². The third-order valence-electron chi connectivity index (χ3n) is 5.64. The fourth-order valence-electron chi connectivity index (χ4n) is 3.36. The smallest absolute Gasteiger partial charge is 0.0829 e. The molecule has 2 aliphatic carbocycles. The first-order valence-electron chi connectivity index (χ1n) is 8.19. The van der Waals surface area contributed by atoms with E-state index >= 15 is 0 Å². The second-order valence-electron chi connectivity index (χ2n) is 8.87. The van der Waals surface area contributed by atoms with Gasteiger partial charge in [0.25, 0.3) is 0 Å². The van der Waals surface area contributed by atoms with Crippen LogP contribution in [0.3, 0.4) is 0 Å². The third-order valence-corrected chi connectivity index (χ3v) is 5.64. The molecule has 0 heterocycles. The molecule has 20 heavy (non-hydrogen) atoms. The highest BCUT2D eigenvalue weighted by Crippen LogP contribution is 2.43. The van der Waals surface area contributed by atoms with Crippen LogP contribution in [0.15, 0.2) is 12.2 Å². The van der Waals surface area contributed by atoms with E-state index in [-0.39, 0.29) is 0 Å². The summed E-state index contributed by atoms with van der Waals surface area (Å²) in [4.78, 5) is 0. The van der Waals surface area contributed by atoms with Gasteiger partial charge in [-0.15, -0.1) is 0 Å². The Bertz CT molecular complexity index is 323. The molecule has 116 valence electrons. The van der Waals surface area contributed by atoms with Gasteiger partial charge in [-0.25, -0.2) is 0 Å². The van der Waals surface area contributed by atoms with Crippen molar-refractivity contribution in [2.24, 2.45) is 10.8 Å². The molecule has 2 saturated carbocycles. The van der Waals surface area contributed by atoms with Crippen molar-refractivity contribution in [1.82, 2.24) is 0 Å². The normalized spacial score (nSPS) is 31.3. The minimum Gasteiger partial charge on any atom is -0.386 e. The molecule has 2 nitrogen and oxygen atoms in total. The molecule has 2 heteroatoms. The summed E-state index contributed by atoms with van der Waals surface area (Å²) in [5, 5.41) is 21.3. The maximum absolute atomic E-state index is 10.7. The maximum Gasteiger partial charge on any atom is 0.0829 e. The minimum atomic E-state index is -0.696. The van der Waals surface area contributed by atoms with E-state index in [1.807, 2.05) is 12.2 Å². The molecule has 0 radical (unpaired) electrons. The first-order chi connectivity index (χ1) is 9.04. The first-order valence-corrected chi connectivity index (χ1v) is 8.19. The van der Waals surface area contributed by atoms with E-state index in [1.165, 1.54) is 0 Å². The monoisotopic (exact) mass is 280 g/mol. The lowest BCUT2D eigenvalue weighted by atomic mass is 9.69. The second kappa shape index (κ2) is 5.14. The number of rotatable bonds is 2. The average Bonchev–Trinajstić information content (AvgIpc) is 2.36. The Hall–Kier alpha value is -0.340. The molecule has 0 spiro atoms. The zero-order chi connectivity index (χ0) is 15.1. The molecule has 0 aliphatic heterocycles. The van der Waals surface area contributed by atoms with Crippen LogP contribution in [0.1, 0.15) is 79.1 Å². The average molecular weight is 280 g/mol. The van der Waals surface area contributed by atoms with Gasteiger partial charge in [-0.1, -0.05) is 39.8 Å². The molecule has 0 aromatic heterocycles. The van der Waals surface area contributed by atoms with E-state index < -0.39 is 11.2 Å². The van der Waals surface area contributed by atoms with Crippen LogP contribution in [0.2, 0.25) is 0 Å². The van der Waals surface area contributed by atoms with Crippen molar-refractivity contribution in [1.29, 1.82) is 0 Å². The number of hydrogen-bond acceptors (Lipinski definition) is 2. The van der Waals surface area contributed by atoms with E-state index in [1.54, 1.807) is 0 Å². The number of hydrogen-bond donors (Lipinski definition) is 2. The van der Waals surface area contributed by atoms with Crippen LogP contribution in [-0.4, -0.2) is 21.4 Å². The molecule has 2 aliphatic rings.